The van der Waals surface area contributed by atoms with E-state index < -0.39 is 0 Å². The number of aromatic nitrogens is 2. The molecule has 0 saturated heterocycles. The number of hydrogen-bond donors (Lipinski definition) is 1. The van der Waals surface area contributed by atoms with E-state index in [2.05, 4.69) is 36.8 Å². The summed E-state index contributed by atoms with van der Waals surface area (Å²) in [5.41, 5.74) is 7.73. The number of fused-ring (bicyclic) bond motifs is 1. The average Bonchev–Trinajstić information content (AvgIpc) is 2.69. The quantitative estimate of drug-likeness (QED) is 0.608. The molecule has 0 atom stereocenters. The van der Waals surface area contributed by atoms with Gasteiger partial charge in [-0.2, -0.15) is 0 Å². The van der Waals surface area contributed by atoms with E-state index in [9.17, 15) is 4.39 Å². The predicted molar refractivity (Wildman–Crippen MR) is 85.9 cm³/mol. The summed E-state index contributed by atoms with van der Waals surface area (Å²) in [5.74, 6) is -0.137. The van der Waals surface area contributed by atoms with Gasteiger partial charge >= 0.3 is 0 Å². The van der Waals surface area contributed by atoms with Gasteiger partial charge in [0.25, 0.3) is 0 Å². The number of imidazole rings is 1. The molecule has 0 unspecified atom stereocenters. The minimum atomic E-state index is -0.384. The highest BCUT2D eigenvalue weighted by molar-refractivity contribution is 9.10. The monoisotopic (exact) mass is 417 g/mol. The minimum Gasteiger partial charge on any atom is -0.369 e. The van der Waals surface area contributed by atoms with Crippen LogP contribution in [0.25, 0.3) is 16.7 Å². The van der Waals surface area contributed by atoms with Crippen molar-refractivity contribution in [1.29, 1.82) is 0 Å². The van der Waals surface area contributed by atoms with Crippen molar-refractivity contribution in [3.63, 3.8) is 0 Å². The molecule has 1 heterocycles. The van der Waals surface area contributed by atoms with E-state index in [0.29, 0.717) is 26.2 Å². The van der Waals surface area contributed by atoms with Crippen LogP contribution in [0, 0.1) is 5.82 Å². The molecule has 3 rings (SSSR count). The summed E-state index contributed by atoms with van der Waals surface area (Å²) in [7, 11) is 0. The van der Waals surface area contributed by atoms with Crippen LogP contribution in [0.1, 0.15) is 0 Å². The lowest BCUT2D eigenvalue weighted by atomic mass is 10.2. The molecule has 0 radical (unpaired) electrons. The van der Waals surface area contributed by atoms with Crippen molar-refractivity contribution in [3.8, 4) is 5.69 Å². The number of nitrogens with two attached hydrogens (primary N) is 1. The van der Waals surface area contributed by atoms with Gasteiger partial charge < -0.3 is 5.73 Å². The van der Waals surface area contributed by atoms with Gasteiger partial charge in [0, 0.05) is 10.5 Å². The number of nitrogens with zero attached hydrogens (tertiary/aromatic N) is 2. The van der Waals surface area contributed by atoms with E-state index >= 15 is 0 Å². The predicted octanol–water partition coefficient (Wildman–Crippen LogP) is 4.93. The molecule has 0 aliphatic heterocycles. The lowest BCUT2D eigenvalue weighted by Crippen LogP contribution is -2.01. The summed E-state index contributed by atoms with van der Waals surface area (Å²) < 4.78 is 16.6. The molecule has 0 spiro atoms. The minimum absolute atomic E-state index is 0.248. The second-order valence-corrected chi connectivity index (χ2v) is 6.33. The molecule has 7 heteroatoms. The van der Waals surface area contributed by atoms with Crippen molar-refractivity contribution in [2.75, 3.05) is 5.73 Å². The Morgan fingerprint density at radius 2 is 1.95 bits per heavy atom. The Labute approximate surface area is 135 Å². The van der Waals surface area contributed by atoms with E-state index in [1.165, 1.54) is 6.07 Å². The Morgan fingerprint density at radius 3 is 2.70 bits per heavy atom. The van der Waals surface area contributed by atoms with Crippen molar-refractivity contribution in [1.82, 2.24) is 9.55 Å². The molecule has 0 saturated carbocycles. The highest BCUT2D eigenvalue weighted by Gasteiger charge is 2.15. The van der Waals surface area contributed by atoms with Crippen LogP contribution in [-0.4, -0.2) is 9.55 Å². The third-order valence-electron chi connectivity index (χ3n) is 2.87. The average molecular weight is 419 g/mol. The molecular formula is C13H7Br2ClFN3. The van der Waals surface area contributed by atoms with Gasteiger partial charge in [-0.1, -0.05) is 27.5 Å². The maximum absolute atomic E-state index is 13.8. The van der Waals surface area contributed by atoms with Gasteiger partial charge in [0.1, 0.15) is 5.82 Å². The van der Waals surface area contributed by atoms with E-state index in [-0.39, 0.29) is 11.8 Å². The Hall–Kier alpha value is -1.11. The van der Waals surface area contributed by atoms with Gasteiger partial charge in [-0.25, -0.2) is 9.37 Å². The summed E-state index contributed by atoms with van der Waals surface area (Å²) in [6.07, 6.45) is 0. The molecule has 0 amide bonds. The van der Waals surface area contributed by atoms with E-state index in [1.54, 1.807) is 22.8 Å². The Kier molecular flexibility index (Phi) is 3.48. The lowest BCUT2D eigenvalue weighted by Gasteiger charge is -2.09. The summed E-state index contributed by atoms with van der Waals surface area (Å²) in [5, 5.41) is 0.502. The SMILES string of the molecule is Nc1nc2cc(Br)c(F)cc2n1-c1cc(Br)ccc1Cl. The lowest BCUT2D eigenvalue weighted by molar-refractivity contribution is 0.622. The van der Waals surface area contributed by atoms with Gasteiger partial charge in [0.15, 0.2) is 0 Å². The van der Waals surface area contributed by atoms with Gasteiger partial charge in [-0.15, -0.1) is 0 Å². The zero-order valence-corrected chi connectivity index (χ0v) is 13.8. The molecule has 0 fully saturated rings. The van der Waals surface area contributed by atoms with Crippen LogP contribution in [0.15, 0.2) is 39.3 Å². The Morgan fingerprint density at radius 1 is 1.20 bits per heavy atom. The molecule has 0 bridgehead atoms. The first-order valence-electron chi connectivity index (χ1n) is 5.56. The van der Waals surface area contributed by atoms with Gasteiger partial charge in [-0.3, -0.25) is 4.57 Å². The van der Waals surface area contributed by atoms with Gasteiger partial charge in [-0.05, 0) is 40.2 Å². The zero-order valence-electron chi connectivity index (χ0n) is 9.87. The number of halogens is 4. The van der Waals surface area contributed by atoms with Crippen LogP contribution in [0.5, 0.6) is 0 Å². The molecular weight excluding hydrogens is 412 g/mol. The second kappa shape index (κ2) is 5.02. The molecule has 2 aromatic carbocycles. The molecule has 0 aliphatic carbocycles. The summed E-state index contributed by atoms with van der Waals surface area (Å²) >= 11 is 12.7. The normalized spacial score (nSPS) is 11.2. The first-order chi connectivity index (χ1) is 9.47. The third kappa shape index (κ3) is 2.21. The molecule has 102 valence electrons. The molecule has 20 heavy (non-hydrogen) atoms. The fourth-order valence-electron chi connectivity index (χ4n) is 2.00. The third-order valence-corrected chi connectivity index (χ3v) is 4.29. The highest BCUT2D eigenvalue weighted by Crippen LogP contribution is 2.32. The number of hydrogen-bond acceptors (Lipinski definition) is 2. The summed E-state index contributed by atoms with van der Waals surface area (Å²) in [4.78, 5) is 4.23. The van der Waals surface area contributed by atoms with Crippen LogP contribution in [-0.2, 0) is 0 Å². The molecule has 0 aliphatic rings. The van der Waals surface area contributed by atoms with Crippen molar-refractivity contribution in [2.24, 2.45) is 0 Å². The fourth-order valence-corrected chi connectivity index (χ4v) is 2.88. The molecule has 1 aromatic heterocycles. The Balaban J connectivity index is 2.38. The van der Waals surface area contributed by atoms with Gasteiger partial charge in [0.2, 0.25) is 5.95 Å². The fraction of sp³-hybridized carbons (Fsp3) is 0. The van der Waals surface area contributed by atoms with Gasteiger partial charge in [0.05, 0.1) is 26.2 Å². The van der Waals surface area contributed by atoms with E-state index in [0.717, 1.165) is 4.47 Å². The summed E-state index contributed by atoms with van der Waals surface area (Å²) in [6, 6.07) is 8.32. The van der Waals surface area contributed by atoms with Crippen molar-refractivity contribution < 1.29 is 4.39 Å². The second-order valence-electron chi connectivity index (χ2n) is 4.16. The molecule has 3 aromatic rings. The largest absolute Gasteiger partial charge is 0.369 e. The maximum Gasteiger partial charge on any atom is 0.205 e. The first-order valence-corrected chi connectivity index (χ1v) is 7.52. The number of rotatable bonds is 1. The van der Waals surface area contributed by atoms with E-state index in [1.807, 2.05) is 6.07 Å². The first kappa shape index (κ1) is 13.9. The standard InChI is InChI=1S/C13H7Br2ClFN3/c14-6-1-2-8(16)11(3-6)20-12-5-9(17)7(15)4-10(12)19-13(20)18/h1-5H,(H2,18,19). The molecule has 2 N–H and O–H groups in total. The number of benzene rings is 2. The van der Waals surface area contributed by atoms with E-state index in [4.69, 9.17) is 17.3 Å². The van der Waals surface area contributed by atoms with Crippen LogP contribution >= 0.6 is 43.5 Å². The maximum atomic E-state index is 13.8. The smallest absolute Gasteiger partial charge is 0.205 e. The number of anilines is 1. The zero-order chi connectivity index (χ0) is 14.4. The topological polar surface area (TPSA) is 43.8 Å². The van der Waals surface area contributed by atoms with Crippen LogP contribution in [0.2, 0.25) is 5.02 Å². The van der Waals surface area contributed by atoms with Crippen molar-refractivity contribution in [3.05, 3.63) is 50.1 Å². The Bertz CT molecular complexity index is 832. The van der Waals surface area contributed by atoms with Crippen LogP contribution < -0.4 is 5.73 Å². The summed E-state index contributed by atoms with van der Waals surface area (Å²) in [6.45, 7) is 0. The van der Waals surface area contributed by atoms with Crippen LogP contribution in [0.4, 0.5) is 10.3 Å². The highest BCUT2D eigenvalue weighted by atomic mass is 79.9. The molecule has 3 nitrogen and oxygen atoms in total. The van der Waals surface area contributed by atoms with Crippen molar-refractivity contribution >= 4 is 60.4 Å². The van der Waals surface area contributed by atoms with Crippen molar-refractivity contribution in [2.45, 2.75) is 0 Å². The number of nitrogen functional groups attached to an aromatic ring is 1. The van der Waals surface area contributed by atoms with Crippen LogP contribution in [0.3, 0.4) is 0 Å².